The number of allylic oxidation sites excluding steroid dienone is 1. The van der Waals surface area contributed by atoms with Gasteiger partial charge in [0.2, 0.25) is 5.91 Å². The molecule has 1 unspecified atom stereocenters. The lowest BCUT2D eigenvalue weighted by molar-refractivity contribution is -0.139. The molecule has 1 amide bonds. The van der Waals surface area contributed by atoms with Crippen molar-refractivity contribution in [3.05, 3.63) is 46.1 Å². The van der Waals surface area contributed by atoms with Crippen molar-refractivity contribution >= 4 is 28.8 Å². The van der Waals surface area contributed by atoms with Gasteiger partial charge in [-0.15, -0.1) is 0 Å². The van der Waals surface area contributed by atoms with E-state index in [2.05, 4.69) is 4.99 Å². The average Bonchev–Trinajstić information content (AvgIpc) is 3.18. The summed E-state index contributed by atoms with van der Waals surface area (Å²) in [4.78, 5) is 34.0. The summed E-state index contributed by atoms with van der Waals surface area (Å²) in [5.74, 6) is 0.705. The molecule has 0 N–H and O–H groups in total. The average molecular weight is 460 g/mol. The summed E-state index contributed by atoms with van der Waals surface area (Å²) in [5.41, 5.74) is 2.62. The van der Waals surface area contributed by atoms with Crippen LogP contribution in [0, 0.1) is 0 Å². The molecule has 0 spiro atoms. The summed E-state index contributed by atoms with van der Waals surface area (Å²) in [7, 11) is 4.92. The minimum atomic E-state index is -0.512. The van der Waals surface area contributed by atoms with Gasteiger partial charge in [-0.05, 0) is 43.9 Å². The van der Waals surface area contributed by atoms with Crippen molar-refractivity contribution in [2.45, 2.75) is 33.2 Å². The molecule has 2 aliphatic rings. The maximum absolute atomic E-state index is 13.0. The fourth-order valence-electron chi connectivity index (χ4n) is 3.64. The second kappa shape index (κ2) is 10.1. The highest BCUT2D eigenvalue weighted by Crippen LogP contribution is 2.46. The number of fused-ring (bicyclic) bond motifs is 1. The lowest BCUT2D eigenvalue weighted by Crippen LogP contribution is -2.38. The maximum atomic E-state index is 13.0. The molecule has 1 aromatic rings. The Morgan fingerprint density at radius 3 is 2.53 bits per heavy atom. The molecule has 0 aromatic heterocycles. The quantitative estimate of drug-likeness (QED) is 0.548. The molecule has 1 atom stereocenters. The van der Waals surface area contributed by atoms with Gasteiger partial charge in [0.1, 0.15) is 0 Å². The van der Waals surface area contributed by atoms with Crippen LogP contribution in [0.15, 0.2) is 45.6 Å². The predicted octanol–water partition coefficient (Wildman–Crippen LogP) is 3.71. The Labute approximate surface area is 192 Å². The number of carbonyl (C=O) groups excluding carboxylic acids is 2. The fraction of sp³-hybridized carbons (Fsp3) is 0.435. The number of esters is 1. The molecular weight excluding hydrogens is 430 g/mol. The molecule has 0 radical (unpaired) electrons. The van der Waals surface area contributed by atoms with Gasteiger partial charge in [-0.25, -0.2) is 9.79 Å². The van der Waals surface area contributed by atoms with Crippen LogP contribution >= 0.6 is 11.8 Å². The van der Waals surface area contributed by atoms with E-state index in [0.717, 1.165) is 16.4 Å². The van der Waals surface area contributed by atoms with Gasteiger partial charge in [0.25, 0.3) is 0 Å². The van der Waals surface area contributed by atoms with E-state index in [1.54, 1.807) is 46.1 Å². The molecule has 2 aliphatic heterocycles. The monoisotopic (exact) mass is 459 g/mol. The number of rotatable bonds is 8. The zero-order valence-electron chi connectivity index (χ0n) is 19.3. The van der Waals surface area contributed by atoms with Crippen LogP contribution in [0.25, 0.3) is 0 Å². The Balaban J connectivity index is 2.11. The number of aliphatic imine (C=N–C) groups is 1. The van der Waals surface area contributed by atoms with Gasteiger partial charge in [0.15, 0.2) is 16.7 Å². The number of hydrogen-bond acceptors (Lipinski definition) is 8. The first-order valence-corrected chi connectivity index (χ1v) is 11.3. The molecule has 0 saturated heterocycles. The van der Waals surface area contributed by atoms with E-state index < -0.39 is 12.0 Å². The highest BCUT2D eigenvalue weighted by molar-refractivity contribution is 8.16. The molecule has 0 aliphatic carbocycles. The first-order chi connectivity index (χ1) is 15.4. The highest BCUT2D eigenvalue weighted by Gasteiger charge is 2.41. The Hall–Kier alpha value is -2.94. The van der Waals surface area contributed by atoms with Crippen LogP contribution < -0.4 is 9.47 Å². The Morgan fingerprint density at radius 2 is 1.91 bits per heavy atom. The first-order valence-electron chi connectivity index (χ1n) is 10.4. The number of benzene rings is 1. The molecule has 2 heterocycles. The molecule has 0 fully saturated rings. The number of amides is 1. The first kappa shape index (κ1) is 23.7. The summed E-state index contributed by atoms with van der Waals surface area (Å²) in [6.07, 6.45) is 0.204. The molecule has 3 rings (SSSR count). The number of amidine groups is 1. The van der Waals surface area contributed by atoms with E-state index in [4.69, 9.17) is 14.2 Å². The largest absolute Gasteiger partial charge is 0.493 e. The topological polar surface area (TPSA) is 80.7 Å². The lowest BCUT2D eigenvalue weighted by Gasteiger charge is -2.36. The van der Waals surface area contributed by atoms with Crippen molar-refractivity contribution in [2.24, 2.45) is 4.99 Å². The third-order valence-electron chi connectivity index (χ3n) is 5.45. The van der Waals surface area contributed by atoms with E-state index in [0.29, 0.717) is 29.3 Å². The number of nitrogens with zero attached hydrogens (tertiary/aromatic N) is 3. The maximum Gasteiger partial charge on any atom is 0.338 e. The summed E-state index contributed by atoms with van der Waals surface area (Å²) >= 11 is 1.44. The second-order valence-corrected chi connectivity index (χ2v) is 8.15. The van der Waals surface area contributed by atoms with E-state index in [1.165, 1.54) is 11.8 Å². The van der Waals surface area contributed by atoms with Crippen molar-refractivity contribution in [1.29, 1.82) is 0 Å². The van der Waals surface area contributed by atoms with Crippen LogP contribution in [0.1, 0.15) is 38.8 Å². The van der Waals surface area contributed by atoms with Gasteiger partial charge in [-0.1, -0.05) is 17.8 Å². The second-order valence-electron chi connectivity index (χ2n) is 7.31. The molecule has 1 aromatic carbocycles. The molecule has 32 heavy (non-hydrogen) atoms. The number of ether oxygens (including phenoxy) is 3. The molecule has 0 saturated carbocycles. The van der Waals surface area contributed by atoms with Crippen molar-refractivity contribution in [3.8, 4) is 11.5 Å². The Bertz CT molecular complexity index is 1000. The molecule has 172 valence electrons. The van der Waals surface area contributed by atoms with Crippen LogP contribution in [0.3, 0.4) is 0 Å². The standard InChI is InChI=1S/C23H29N3O5S/c1-7-25(4)19(27)12-16-13-32-23-24-14(3)20(22(28)31-8-2)21(26(16)23)15-9-10-17(29-5)18(11-15)30-6/h9-11,13,21H,7-8,12H2,1-6H3. The minimum Gasteiger partial charge on any atom is -0.493 e. The zero-order valence-corrected chi connectivity index (χ0v) is 20.1. The number of thioether (sulfide) groups is 1. The van der Waals surface area contributed by atoms with Crippen molar-refractivity contribution < 1.29 is 23.8 Å². The van der Waals surface area contributed by atoms with Crippen LogP contribution in [0.5, 0.6) is 11.5 Å². The summed E-state index contributed by atoms with van der Waals surface area (Å²) in [6, 6.07) is 5.03. The molecule has 8 nitrogen and oxygen atoms in total. The van der Waals surface area contributed by atoms with E-state index in [9.17, 15) is 9.59 Å². The van der Waals surface area contributed by atoms with Crippen LogP contribution in [-0.2, 0) is 14.3 Å². The normalized spacial score (nSPS) is 17.4. The van der Waals surface area contributed by atoms with Crippen molar-refractivity contribution in [1.82, 2.24) is 9.80 Å². The predicted molar refractivity (Wildman–Crippen MR) is 124 cm³/mol. The van der Waals surface area contributed by atoms with Gasteiger partial charge in [-0.2, -0.15) is 0 Å². The van der Waals surface area contributed by atoms with Crippen LogP contribution in [0.2, 0.25) is 0 Å². The minimum absolute atomic E-state index is 0.00405. The summed E-state index contributed by atoms with van der Waals surface area (Å²) < 4.78 is 16.3. The van der Waals surface area contributed by atoms with Gasteiger partial charge < -0.3 is 24.0 Å². The van der Waals surface area contributed by atoms with Gasteiger partial charge in [-0.3, -0.25) is 4.79 Å². The molecule has 9 heteroatoms. The van der Waals surface area contributed by atoms with Gasteiger partial charge >= 0.3 is 5.97 Å². The van der Waals surface area contributed by atoms with Gasteiger partial charge in [0, 0.05) is 19.3 Å². The SMILES string of the molecule is CCOC(=O)C1=C(C)N=C2SC=C(CC(=O)N(C)CC)N2C1c1ccc(OC)c(OC)c1. The third-order valence-corrected chi connectivity index (χ3v) is 6.34. The molecule has 0 bridgehead atoms. The van der Waals surface area contributed by atoms with Crippen LogP contribution in [-0.4, -0.2) is 61.3 Å². The smallest absolute Gasteiger partial charge is 0.338 e. The van der Waals surface area contributed by atoms with E-state index in [-0.39, 0.29) is 18.9 Å². The highest BCUT2D eigenvalue weighted by atomic mass is 32.2. The van der Waals surface area contributed by atoms with Crippen molar-refractivity contribution in [3.63, 3.8) is 0 Å². The lowest BCUT2D eigenvalue weighted by atomic mass is 9.93. The van der Waals surface area contributed by atoms with E-state index in [1.807, 2.05) is 29.4 Å². The third kappa shape index (κ3) is 4.48. The number of carbonyl (C=O) groups is 2. The van der Waals surface area contributed by atoms with E-state index >= 15 is 0 Å². The Kier molecular flexibility index (Phi) is 7.50. The molecular formula is C23H29N3O5S. The van der Waals surface area contributed by atoms with Crippen molar-refractivity contribution in [2.75, 3.05) is 34.4 Å². The van der Waals surface area contributed by atoms with Crippen LogP contribution in [0.4, 0.5) is 0 Å². The fourth-order valence-corrected chi connectivity index (χ4v) is 4.61. The number of hydrogen-bond donors (Lipinski definition) is 0. The van der Waals surface area contributed by atoms with Gasteiger partial charge in [0.05, 0.1) is 44.6 Å². The number of methoxy groups -OCH3 is 2. The zero-order chi connectivity index (χ0) is 23.4. The summed E-state index contributed by atoms with van der Waals surface area (Å²) in [5, 5.41) is 2.65. The summed E-state index contributed by atoms with van der Waals surface area (Å²) in [6.45, 7) is 6.38. The Morgan fingerprint density at radius 1 is 1.19 bits per heavy atom.